The summed E-state index contributed by atoms with van der Waals surface area (Å²) < 4.78 is 11.8. The molecule has 2 aromatic heterocycles. The van der Waals surface area contributed by atoms with Gasteiger partial charge in [-0.2, -0.15) is 0 Å². The third-order valence-corrected chi connectivity index (χ3v) is 4.25. The fraction of sp³-hybridized carbons (Fsp3) is 0.412. The number of nitrogens with zero attached hydrogens (tertiary/aromatic N) is 1. The number of fused-ring (bicyclic) bond motifs is 2. The van der Waals surface area contributed by atoms with Gasteiger partial charge in [0.25, 0.3) is 0 Å². The van der Waals surface area contributed by atoms with E-state index in [9.17, 15) is 0 Å². The van der Waals surface area contributed by atoms with E-state index < -0.39 is 0 Å². The van der Waals surface area contributed by atoms with Gasteiger partial charge in [-0.05, 0) is 32.0 Å². The second-order valence-electron chi connectivity index (χ2n) is 5.93. The molecule has 0 unspecified atom stereocenters. The highest BCUT2D eigenvalue weighted by Crippen LogP contribution is 2.33. The highest BCUT2D eigenvalue weighted by Gasteiger charge is 2.18. The zero-order chi connectivity index (χ0) is 14.4. The lowest BCUT2D eigenvalue weighted by atomic mass is 10.1. The van der Waals surface area contributed by atoms with Crippen LogP contribution >= 0.6 is 0 Å². The van der Waals surface area contributed by atoms with Crippen molar-refractivity contribution in [2.24, 2.45) is 0 Å². The van der Waals surface area contributed by atoms with Gasteiger partial charge in [-0.1, -0.05) is 0 Å². The monoisotopic (exact) mass is 284 g/mol. The number of aryl methyl sites for hydroxylation is 2. The molecule has 1 aliphatic heterocycles. The summed E-state index contributed by atoms with van der Waals surface area (Å²) in [6.07, 6.45) is 0. The van der Waals surface area contributed by atoms with Crippen LogP contribution in [0.5, 0.6) is 0 Å². The van der Waals surface area contributed by atoms with Gasteiger partial charge in [-0.15, -0.1) is 0 Å². The summed E-state index contributed by atoms with van der Waals surface area (Å²) in [4.78, 5) is 2.48. The summed E-state index contributed by atoms with van der Waals surface area (Å²) >= 11 is 0. The highest BCUT2D eigenvalue weighted by molar-refractivity contribution is 5.98. The Kier molecular flexibility index (Phi) is 3.01. The van der Waals surface area contributed by atoms with Gasteiger partial charge in [0.05, 0.1) is 0 Å². The lowest BCUT2D eigenvalue weighted by Crippen LogP contribution is -2.42. The lowest BCUT2D eigenvalue weighted by molar-refractivity contribution is 0.234. The molecule has 0 radical (unpaired) electrons. The molecule has 1 aliphatic rings. The van der Waals surface area contributed by atoms with Crippen molar-refractivity contribution >= 4 is 21.9 Å². The van der Waals surface area contributed by atoms with Crippen LogP contribution in [0.3, 0.4) is 0 Å². The molecule has 1 aromatic carbocycles. The summed E-state index contributed by atoms with van der Waals surface area (Å²) in [5.74, 6) is 1.91. The fourth-order valence-corrected chi connectivity index (χ4v) is 3.27. The minimum atomic E-state index is 0.918. The molecular weight excluding hydrogens is 264 g/mol. The predicted octanol–water partition coefficient (Wildman–Crippen LogP) is 3.20. The van der Waals surface area contributed by atoms with Gasteiger partial charge in [0, 0.05) is 49.1 Å². The van der Waals surface area contributed by atoms with Gasteiger partial charge in [0.2, 0.25) is 0 Å². The third kappa shape index (κ3) is 2.24. The molecule has 4 heteroatoms. The number of benzene rings is 1. The van der Waals surface area contributed by atoms with Crippen LogP contribution in [0.25, 0.3) is 21.9 Å². The zero-order valence-corrected chi connectivity index (χ0v) is 12.5. The van der Waals surface area contributed by atoms with Gasteiger partial charge < -0.3 is 14.2 Å². The first kappa shape index (κ1) is 12.9. The van der Waals surface area contributed by atoms with Gasteiger partial charge in [0.15, 0.2) is 0 Å². The molecule has 3 heterocycles. The Morgan fingerprint density at radius 2 is 1.81 bits per heavy atom. The van der Waals surface area contributed by atoms with Crippen LogP contribution in [0.15, 0.2) is 27.0 Å². The minimum absolute atomic E-state index is 0.918. The van der Waals surface area contributed by atoms with Crippen LogP contribution in [0.1, 0.15) is 17.1 Å². The van der Waals surface area contributed by atoms with E-state index in [-0.39, 0.29) is 0 Å². The minimum Gasteiger partial charge on any atom is -0.461 e. The summed E-state index contributed by atoms with van der Waals surface area (Å²) in [7, 11) is 0. The van der Waals surface area contributed by atoms with Crippen molar-refractivity contribution in [2.75, 3.05) is 26.2 Å². The van der Waals surface area contributed by atoms with E-state index in [1.54, 1.807) is 0 Å². The van der Waals surface area contributed by atoms with E-state index in [1.807, 2.05) is 13.8 Å². The van der Waals surface area contributed by atoms with E-state index in [1.165, 1.54) is 10.9 Å². The topological polar surface area (TPSA) is 41.5 Å². The van der Waals surface area contributed by atoms with Crippen molar-refractivity contribution in [3.63, 3.8) is 0 Å². The Balaban J connectivity index is 1.88. The molecule has 1 N–H and O–H groups in total. The normalized spacial score (nSPS) is 17.0. The average Bonchev–Trinajstić information content (AvgIpc) is 3.01. The second-order valence-corrected chi connectivity index (χ2v) is 5.93. The third-order valence-electron chi connectivity index (χ3n) is 4.25. The first-order valence-electron chi connectivity index (χ1n) is 7.56. The maximum absolute atomic E-state index is 5.97. The first-order valence-corrected chi connectivity index (χ1v) is 7.56. The van der Waals surface area contributed by atoms with Crippen molar-refractivity contribution in [1.82, 2.24) is 10.2 Å². The predicted molar refractivity (Wildman–Crippen MR) is 83.6 cm³/mol. The molecule has 1 saturated heterocycles. The summed E-state index contributed by atoms with van der Waals surface area (Å²) in [5, 5.41) is 5.73. The molecule has 3 aromatic rings. The largest absolute Gasteiger partial charge is 0.461 e. The Morgan fingerprint density at radius 1 is 1.05 bits per heavy atom. The first-order chi connectivity index (χ1) is 10.2. The Labute approximate surface area is 123 Å². The van der Waals surface area contributed by atoms with Crippen molar-refractivity contribution in [3.05, 3.63) is 35.3 Å². The quantitative estimate of drug-likeness (QED) is 0.784. The van der Waals surface area contributed by atoms with Crippen molar-refractivity contribution in [3.8, 4) is 0 Å². The lowest BCUT2D eigenvalue weighted by Gasteiger charge is -2.27. The molecule has 0 bridgehead atoms. The molecule has 0 saturated carbocycles. The fourth-order valence-electron chi connectivity index (χ4n) is 3.27. The molecule has 0 aliphatic carbocycles. The van der Waals surface area contributed by atoms with E-state index in [0.717, 1.165) is 60.8 Å². The molecule has 110 valence electrons. The number of rotatable bonds is 2. The highest BCUT2D eigenvalue weighted by atomic mass is 16.3. The summed E-state index contributed by atoms with van der Waals surface area (Å²) in [6, 6.07) is 6.31. The van der Waals surface area contributed by atoms with Crippen molar-refractivity contribution < 1.29 is 8.83 Å². The molecule has 4 nitrogen and oxygen atoms in total. The summed E-state index contributed by atoms with van der Waals surface area (Å²) in [6.45, 7) is 9.19. The molecular formula is C17H20N2O2. The van der Waals surface area contributed by atoms with Crippen molar-refractivity contribution in [1.29, 1.82) is 0 Å². The van der Waals surface area contributed by atoms with Gasteiger partial charge in [-0.25, -0.2) is 0 Å². The Bertz CT molecular complexity index is 739. The SMILES string of the molecule is Cc1cc2c(CN3CCNCC3)c3oc(C)cc3cc2o1. The van der Waals surface area contributed by atoms with Gasteiger partial charge >= 0.3 is 0 Å². The Hall–Kier alpha value is -1.78. The standard InChI is InChI=1S/C17H20N2O2/c1-11-7-13-9-16-14(8-12(2)20-16)15(17(13)21-11)10-19-5-3-18-4-6-19/h7-9,18H,3-6,10H2,1-2H3. The summed E-state index contributed by atoms with van der Waals surface area (Å²) in [5.41, 5.74) is 3.24. The smallest absolute Gasteiger partial charge is 0.139 e. The van der Waals surface area contributed by atoms with Crippen LogP contribution in [-0.2, 0) is 6.54 Å². The number of hydrogen-bond donors (Lipinski definition) is 1. The molecule has 4 rings (SSSR count). The average molecular weight is 284 g/mol. The zero-order valence-electron chi connectivity index (χ0n) is 12.5. The number of furan rings is 2. The molecule has 0 amide bonds. The van der Waals surface area contributed by atoms with Crippen LogP contribution in [-0.4, -0.2) is 31.1 Å². The van der Waals surface area contributed by atoms with E-state index in [0.29, 0.717) is 0 Å². The van der Waals surface area contributed by atoms with Crippen LogP contribution < -0.4 is 5.32 Å². The molecule has 0 spiro atoms. The van der Waals surface area contributed by atoms with Crippen LogP contribution in [0.2, 0.25) is 0 Å². The van der Waals surface area contributed by atoms with Crippen LogP contribution in [0.4, 0.5) is 0 Å². The molecule has 21 heavy (non-hydrogen) atoms. The maximum atomic E-state index is 5.97. The molecule has 0 atom stereocenters. The molecule has 1 fully saturated rings. The number of nitrogens with one attached hydrogen (secondary N) is 1. The van der Waals surface area contributed by atoms with E-state index in [4.69, 9.17) is 8.83 Å². The van der Waals surface area contributed by atoms with Gasteiger partial charge in [0.1, 0.15) is 22.7 Å². The van der Waals surface area contributed by atoms with Crippen molar-refractivity contribution in [2.45, 2.75) is 20.4 Å². The maximum Gasteiger partial charge on any atom is 0.139 e. The van der Waals surface area contributed by atoms with Crippen LogP contribution in [0, 0.1) is 13.8 Å². The Morgan fingerprint density at radius 3 is 2.62 bits per heavy atom. The van der Waals surface area contributed by atoms with Gasteiger partial charge in [-0.3, -0.25) is 4.90 Å². The number of piperazine rings is 1. The van der Waals surface area contributed by atoms with E-state index >= 15 is 0 Å². The number of hydrogen-bond acceptors (Lipinski definition) is 4. The second kappa shape index (κ2) is 4.90. The van der Waals surface area contributed by atoms with E-state index in [2.05, 4.69) is 28.4 Å².